The molecule has 132 valence electrons. The van der Waals surface area contributed by atoms with E-state index in [1.165, 1.54) is 31.0 Å². The fourth-order valence-corrected chi connectivity index (χ4v) is 4.75. The SMILES string of the molecule is CC1CCCC(C)N1C(=S)SCC(=O)Nc1cccc2ncccc12. The number of nitrogens with zero attached hydrogens (tertiary/aromatic N) is 2. The van der Waals surface area contributed by atoms with Crippen LogP contribution in [0.3, 0.4) is 0 Å². The van der Waals surface area contributed by atoms with Gasteiger partial charge in [-0.1, -0.05) is 30.0 Å². The third-order valence-electron chi connectivity index (χ3n) is 4.65. The van der Waals surface area contributed by atoms with Crippen LogP contribution in [0.4, 0.5) is 5.69 Å². The van der Waals surface area contributed by atoms with Crippen molar-refractivity contribution < 1.29 is 4.79 Å². The van der Waals surface area contributed by atoms with Gasteiger partial charge in [0.15, 0.2) is 0 Å². The molecule has 0 bridgehead atoms. The van der Waals surface area contributed by atoms with Gasteiger partial charge in [0.2, 0.25) is 5.91 Å². The lowest BCUT2D eigenvalue weighted by Crippen LogP contribution is -2.45. The molecule has 1 aliphatic heterocycles. The topological polar surface area (TPSA) is 45.2 Å². The highest BCUT2D eigenvalue weighted by Crippen LogP contribution is 2.27. The molecule has 0 radical (unpaired) electrons. The number of carbonyl (C=O) groups is 1. The Morgan fingerprint density at radius 3 is 2.80 bits per heavy atom. The van der Waals surface area contributed by atoms with E-state index in [2.05, 4.69) is 29.0 Å². The van der Waals surface area contributed by atoms with Crippen molar-refractivity contribution in [2.45, 2.75) is 45.2 Å². The molecule has 0 saturated carbocycles. The molecule has 1 aliphatic rings. The standard InChI is InChI=1S/C19H23N3OS2/c1-13-6-3-7-14(2)22(13)19(24)25-12-18(23)21-17-10-4-9-16-15(17)8-5-11-20-16/h4-5,8-11,13-14H,3,6-7,12H2,1-2H3,(H,21,23). The summed E-state index contributed by atoms with van der Waals surface area (Å²) >= 11 is 7.04. The molecule has 1 fully saturated rings. The van der Waals surface area contributed by atoms with E-state index in [9.17, 15) is 4.79 Å². The summed E-state index contributed by atoms with van der Waals surface area (Å²) in [5, 5.41) is 3.94. The summed E-state index contributed by atoms with van der Waals surface area (Å²) in [7, 11) is 0. The number of thioether (sulfide) groups is 1. The molecule has 0 aliphatic carbocycles. The highest BCUT2D eigenvalue weighted by molar-refractivity contribution is 8.23. The Morgan fingerprint density at radius 1 is 1.28 bits per heavy atom. The van der Waals surface area contributed by atoms with E-state index in [1.807, 2.05) is 30.3 Å². The maximum Gasteiger partial charge on any atom is 0.234 e. The lowest BCUT2D eigenvalue weighted by atomic mass is 9.99. The third-order valence-corrected chi connectivity index (χ3v) is 6.08. The van der Waals surface area contributed by atoms with Gasteiger partial charge in [-0.15, -0.1) is 0 Å². The number of anilines is 1. The number of hydrogen-bond acceptors (Lipinski definition) is 4. The molecule has 1 aromatic heterocycles. The number of pyridine rings is 1. The summed E-state index contributed by atoms with van der Waals surface area (Å²) in [5.74, 6) is 0.284. The number of likely N-dealkylation sites (tertiary alicyclic amines) is 1. The van der Waals surface area contributed by atoms with Crippen LogP contribution in [0.25, 0.3) is 10.9 Å². The van der Waals surface area contributed by atoms with Crippen molar-refractivity contribution in [1.82, 2.24) is 9.88 Å². The van der Waals surface area contributed by atoms with Crippen LogP contribution in [0.15, 0.2) is 36.5 Å². The molecule has 6 heteroatoms. The van der Waals surface area contributed by atoms with E-state index in [0.29, 0.717) is 17.8 Å². The summed E-state index contributed by atoms with van der Waals surface area (Å²) in [6, 6.07) is 10.5. The molecule has 3 rings (SSSR count). The first-order valence-electron chi connectivity index (χ1n) is 8.65. The van der Waals surface area contributed by atoms with Gasteiger partial charge in [-0.25, -0.2) is 0 Å². The predicted molar refractivity (Wildman–Crippen MR) is 110 cm³/mol. The van der Waals surface area contributed by atoms with Crippen molar-refractivity contribution in [2.75, 3.05) is 11.1 Å². The van der Waals surface area contributed by atoms with E-state index in [0.717, 1.165) is 20.9 Å². The van der Waals surface area contributed by atoms with Gasteiger partial charge >= 0.3 is 0 Å². The third kappa shape index (κ3) is 4.30. The van der Waals surface area contributed by atoms with Crippen LogP contribution >= 0.6 is 24.0 Å². The quantitative estimate of drug-likeness (QED) is 0.805. The largest absolute Gasteiger partial charge is 0.352 e. The van der Waals surface area contributed by atoms with Crippen molar-refractivity contribution in [2.24, 2.45) is 0 Å². The van der Waals surface area contributed by atoms with E-state index >= 15 is 0 Å². The van der Waals surface area contributed by atoms with Gasteiger partial charge < -0.3 is 10.2 Å². The van der Waals surface area contributed by atoms with Crippen LogP contribution in [0.5, 0.6) is 0 Å². The molecule has 1 saturated heterocycles. The van der Waals surface area contributed by atoms with E-state index in [1.54, 1.807) is 6.20 Å². The molecule has 2 heterocycles. The second-order valence-electron chi connectivity index (χ2n) is 6.51. The Balaban J connectivity index is 1.60. The van der Waals surface area contributed by atoms with E-state index in [-0.39, 0.29) is 5.91 Å². The Labute approximate surface area is 158 Å². The van der Waals surface area contributed by atoms with Crippen molar-refractivity contribution in [3.63, 3.8) is 0 Å². The first-order valence-corrected chi connectivity index (χ1v) is 10.0. The first kappa shape index (κ1) is 18.1. The average molecular weight is 374 g/mol. The minimum atomic E-state index is -0.0407. The van der Waals surface area contributed by atoms with Gasteiger partial charge in [-0.2, -0.15) is 0 Å². The van der Waals surface area contributed by atoms with Crippen LogP contribution in [-0.2, 0) is 4.79 Å². The summed E-state index contributed by atoms with van der Waals surface area (Å²) in [6.07, 6.45) is 5.34. The van der Waals surface area contributed by atoms with Gasteiger partial charge in [0, 0.05) is 23.7 Å². The molecule has 2 unspecified atom stereocenters. The molecule has 1 aromatic carbocycles. The number of thiocarbonyl (C=S) groups is 1. The predicted octanol–water partition coefficient (Wildman–Crippen LogP) is 4.45. The van der Waals surface area contributed by atoms with Crippen LogP contribution in [0.2, 0.25) is 0 Å². The van der Waals surface area contributed by atoms with Crippen molar-refractivity contribution >= 4 is 50.8 Å². The number of fused-ring (bicyclic) bond motifs is 1. The minimum absolute atomic E-state index is 0.0407. The Bertz CT molecular complexity index is 765. The summed E-state index contributed by atoms with van der Waals surface area (Å²) in [6.45, 7) is 4.43. The molecule has 0 spiro atoms. The zero-order chi connectivity index (χ0) is 17.8. The van der Waals surface area contributed by atoms with E-state index in [4.69, 9.17) is 12.2 Å². The number of hydrogen-bond donors (Lipinski definition) is 1. The molecular weight excluding hydrogens is 350 g/mol. The fraction of sp³-hybridized carbons (Fsp3) is 0.421. The van der Waals surface area contributed by atoms with Gasteiger partial charge in [-0.05, 0) is 57.4 Å². The number of benzene rings is 1. The molecule has 2 atom stereocenters. The molecule has 1 N–H and O–H groups in total. The minimum Gasteiger partial charge on any atom is -0.352 e. The Hall–Kier alpha value is -1.66. The number of aromatic nitrogens is 1. The smallest absolute Gasteiger partial charge is 0.234 e. The normalized spacial score (nSPS) is 20.5. The van der Waals surface area contributed by atoms with Crippen LogP contribution in [0.1, 0.15) is 33.1 Å². The maximum absolute atomic E-state index is 12.4. The van der Waals surface area contributed by atoms with Gasteiger partial charge in [0.1, 0.15) is 4.32 Å². The molecule has 25 heavy (non-hydrogen) atoms. The lowest BCUT2D eigenvalue weighted by molar-refractivity contribution is -0.113. The van der Waals surface area contributed by atoms with E-state index < -0.39 is 0 Å². The fourth-order valence-electron chi connectivity index (χ4n) is 3.38. The number of nitrogens with one attached hydrogen (secondary N) is 1. The van der Waals surface area contributed by atoms with Gasteiger partial charge in [-0.3, -0.25) is 9.78 Å². The highest BCUT2D eigenvalue weighted by Gasteiger charge is 2.27. The monoisotopic (exact) mass is 373 g/mol. The maximum atomic E-state index is 12.4. The number of piperidine rings is 1. The second-order valence-corrected chi connectivity index (χ2v) is 8.12. The number of carbonyl (C=O) groups excluding carboxylic acids is 1. The van der Waals surface area contributed by atoms with Gasteiger partial charge in [0.05, 0.1) is 17.0 Å². The summed E-state index contributed by atoms with van der Waals surface area (Å²) in [4.78, 5) is 19.0. The highest BCUT2D eigenvalue weighted by atomic mass is 32.2. The molecule has 2 aromatic rings. The van der Waals surface area contributed by atoms with Crippen molar-refractivity contribution in [3.05, 3.63) is 36.5 Å². The second kappa shape index (κ2) is 8.15. The van der Waals surface area contributed by atoms with Gasteiger partial charge in [0.25, 0.3) is 0 Å². The lowest BCUT2D eigenvalue weighted by Gasteiger charge is -2.40. The van der Waals surface area contributed by atoms with Crippen LogP contribution in [0, 0.1) is 0 Å². The first-order chi connectivity index (χ1) is 12.1. The average Bonchev–Trinajstić information content (AvgIpc) is 2.60. The van der Waals surface area contributed by atoms with Crippen molar-refractivity contribution in [1.29, 1.82) is 0 Å². The number of rotatable bonds is 3. The molecular formula is C19H23N3OS2. The molecule has 1 amide bonds. The number of amides is 1. The Morgan fingerprint density at radius 2 is 2.04 bits per heavy atom. The van der Waals surface area contributed by atoms with Crippen molar-refractivity contribution in [3.8, 4) is 0 Å². The zero-order valence-corrected chi connectivity index (χ0v) is 16.2. The zero-order valence-electron chi connectivity index (χ0n) is 14.6. The summed E-state index contributed by atoms with van der Waals surface area (Å²) in [5.41, 5.74) is 1.67. The van der Waals surface area contributed by atoms with Crippen LogP contribution < -0.4 is 5.32 Å². The summed E-state index contributed by atoms with van der Waals surface area (Å²) < 4.78 is 0.828. The molecule has 4 nitrogen and oxygen atoms in total. The Kier molecular flexibility index (Phi) is 5.91. The van der Waals surface area contributed by atoms with Crippen LogP contribution in [-0.4, -0.2) is 37.9 Å².